The molecule has 2 amide bonds. The van der Waals surface area contributed by atoms with Crippen molar-refractivity contribution in [3.05, 3.63) is 12.7 Å². The number of hydrogen-bond donors (Lipinski definition) is 0. The first-order valence-electron chi connectivity index (χ1n) is 4.68. The van der Waals surface area contributed by atoms with Gasteiger partial charge >= 0.3 is 6.09 Å². The molecule has 4 heteroatoms. The monoisotopic (exact) mass is 197 g/mol. The predicted octanol–water partition coefficient (Wildman–Crippen LogP) is 1.42. The maximum atomic E-state index is 11.7. The Morgan fingerprint density at radius 2 is 2.29 bits per heavy atom. The standard InChI is InChI=1S/C10H15NO3/c1-4-7(2)8(3)9(12)11-5-6-14-10(11)13/h4,7-8H,1,5-6H2,2-3H3. The summed E-state index contributed by atoms with van der Waals surface area (Å²) in [4.78, 5) is 24.0. The highest BCUT2D eigenvalue weighted by Gasteiger charge is 2.32. The number of carbonyl (C=O) groups is 2. The van der Waals surface area contributed by atoms with Crippen LogP contribution in [-0.2, 0) is 9.53 Å². The average Bonchev–Trinajstić information content (AvgIpc) is 2.61. The van der Waals surface area contributed by atoms with E-state index in [1.54, 1.807) is 13.0 Å². The second-order valence-corrected chi connectivity index (χ2v) is 3.49. The molecule has 1 aliphatic heterocycles. The van der Waals surface area contributed by atoms with Crippen LogP contribution in [0.25, 0.3) is 0 Å². The van der Waals surface area contributed by atoms with E-state index in [0.717, 1.165) is 4.90 Å². The second-order valence-electron chi connectivity index (χ2n) is 3.49. The Labute approximate surface area is 83.5 Å². The summed E-state index contributed by atoms with van der Waals surface area (Å²) in [6.07, 6.45) is 1.18. The molecule has 0 aromatic carbocycles. The van der Waals surface area contributed by atoms with Crippen LogP contribution in [0.15, 0.2) is 12.7 Å². The van der Waals surface area contributed by atoms with Gasteiger partial charge in [-0.1, -0.05) is 19.9 Å². The van der Waals surface area contributed by atoms with Crippen molar-refractivity contribution in [3.8, 4) is 0 Å². The normalized spacial score (nSPS) is 20.1. The molecule has 0 radical (unpaired) electrons. The van der Waals surface area contributed by atoms with Crippen LogP contribution in [0.1, 0.15) is 13.8 Å². The predicted molar refractivity (Wildman–Crippen MR) is 51.6 cm³/mol. The lowest BCUT2D eigenvalue weighted by Gasteiger charge is -2.19. The van der Waals surface area contributed by atoms with E-state index in [4.69, 9.17) is 4.74 Å². The van der Waals surface area contributed by atoms with Crippen molar-refractivity contribution in [2.24, 2.45) is 11.8 Å². The minimum Gasteiger partial charge on any atom is -0.447 e. The topological polar surface area (TPSA) is 46.6 Å². The van der Waals surface area contributed by atoms with Crippen LogP contribution >= 0.6 is 0 Å². The summed E-state index contributed by atoms with van der Waals surface area (Å²) in [6, 6.07) is 0. The third kappa shape index (κ3) is 1.95. The molecule has 0 spiro atoms. The number of nitrogens with zero attached hydrogens (tertiary/aromatic N) is 1. The largest absolute Gasteiger partial charge is 0.447 e. The molecule has 2 unspecified atom stereocenters. The van der Waals surface area contributed by atoms with E-state index < -0.39 is 6.09 Å². The number of allylic oxidation sites excluding steroid dienone is 1. The van der Waals surface area contributed by atoms with Gasteiger partial charge in [0.15, 0.2) is 0 Å². The van der Waals surface area contributed by atoms with Gasteiger partial charge in [0.2, 0.25) is 5.91 Å². The highest BCUT2D eigenvalue weighted by molar-refractivity contribution is 5.94. The van der Waals surface area contributed by atoms with Gasteiger partial charge in [0, 0.05) is 5.92 Å². The quantitative estimate of drug-likeness (QED) is 0.643. The summed E-state index contributed by atoms with van der Waals surface area (Å²) in [5.74, 6) is -0.339. The lowest BCUT2D eigenvalue weighted by Crippen LogP contribution is -2.37. The van der Waals surface area contributed by atoms with Gasteiger partial charge in [-0.25, -0.2) is 9.69 Å². The summed E-state index contributed by atoms with van der Waals surface area (Å²) in [6.45, 7) is 7.99. The van der Waals surface area contributed by atoms with Gasteiger partial charge in [0.1, 0.15) is 6.61 Å². The zero-order valence-corrected chi connectivity index (χ0v) is 8.53. The Morgan fingerprint density at radius 3 is 2.71 bits per heavy atom. The van der Waals surface area contributed by atoms with Gasteiger partial charge in [0.05, 0.1) is 6.54 Å². The Balaban J connectivity index is 2.64. The summed E-state index contributed by atoms with van der Waals surface area (Å²) in [7, 11) is 0. The number of cyclic esters (lactones) is 1. The molecule has 2 atom stereocenters. The zero-order valence-electron chi connectivity index (χ0n) is 8.53. The van der Waals surface area contributed by atoms with Crippen molar-refractivity contribution in [2.45, 2.75) is 13.8 Å². The van der Waals surface area contributed by atoms with Crippen LogP contribution in [0.5, 0.6) is 0 Å². The fraction of sp³-hybridized carbons (Fsp3) is 0.600. The van der Waals surface area contributed by atoms with E-state index >= 15 is 0 Å². The zero-order chi connectivity index (χ0) is 10.7. The van der Waals surface area contributed by atoms with E-state index in [-0.39, 0.29) is 17.7 Å². The first kappa shape index (κ1) is 10.8. The summed E-state index contributed by atoms with van der Waals surface area (Å²) in [5.41, 5.74) is 0. The maximum Gasteiger partial charge on any atom is 0.416 e. The van der Waals surface area contributed by atoms with Gasteiger partial charge in [-0.3, -0.25) is 4.79 Å². The van der Waals surface area contributed by atoms with Crippen molar-refractivity contribution < 1.29 is 14.3 Å². The molecular weight excluding hydrogens is 182 g/mol. The molecule has 0 aliphatic carbocycles. The Morgan fingerprint density at radius 1 is 1.64 bits per heavy atom. The molecule has 1 fully saturated rings. The van der Waals surface area contributed by atoms with Crippen molar-refractivity contribution in [2.75, 3.05) is 13.2 Å². The number of hydrogen-bond acceptors (Lipinski definition) is 3. The fourth-order valence-electron chi connectivity index (χ4n) is 1.27. The van der Waals surface area contributed by atoms with Gasteiger partial charge < -0.3 is 4.74 Å². The number of rotatable bonds is 3. The van der Waals surface area contributed by atoms with Crippen molar-refractivity contribution >= 4 is 12.0 Å². The Bertz CT molecular complexity index is 262. The molecule has 0 aromatic rings. The van der Waals surface area contributed by atoms with Gasteiger partial charge in [-0.05, 0) is 5.92 Å². The molecule has 4 nitrogen and oxygen atoms in total. The molecule has 78 valence electrons. The summed E-state index contributed by atoms with van der Waals surface area (Å²) < 4.78 is 4.69. The number of imide groups is 1. The van der Waals surface area contributed by atoms with Gasteiger partial charge in [0.25, 0.3) is 0 Å². The molecule has 0 saturated carbocycles. The molecule has 1 aliphatic rings. The van der Waals surface area contributed by atoms with Crippen LogP contribution in [0.4, 0.5) is 4.79 Å². The Hall–Kier alpha value is -1.32. The third-order valence-electron chi connectivity index (χ3n) is 2.58. The van der Waals surface area contributed by atoms with Crippen LogP contribution in [-0.4, -0.2) is 30.1 Å². The maximum absolute atomic E-state index is 11.7. The summed E-state index contributed by atoms with van der Waals surface area (Å²) in [5, 5.41) is 0. The lowest BCUT2D eigenvalue weighted by molar-refractivity contribution is -0.132. The highest BCUT2D eigenvalue weighted by atomic mass is 16.6. The van der Waals surface area contributed by atoms with Crippen LogP contribution < -0.4 is 0 Å². The summed E-state index contributed by atoms with van der Waals surface area (Å²) >= 11 is 0. The SMILES string of the molecule is C=CC(C)C(C)C(=O)N1CCOC1=O. The molecule has 1 rings (SSSR count). The smallest absolute Gasteiger partial charge is 0.416 e. The number of carbonyl (C=O) groups excluding carboxylic acids is 2. The number of amides is 2. The fourth-order valence-corrected chi connectivity index (χ4v) is 1.27. The molecule has 1 heterocycles. The third-order valence-corrected chi connectivity index (χ3v) is 2.58. The van der Waals surface area contributed by atoms with Crippen LogP contribution in [0, 0.1) is 11.8 Å². The van der Waals surface area contributed by atoms with Crippen molar-refractivity contribution in [3.63, 3.8) is 0 Å². The minimum atomic E-state index is -0.530. The lowest BCUT2D eigenvalue weighted by atomic mass is 9.95. The van der Waals surface area contributed by atoms with Crippen molar-refractivity contribution in [1.82, 2.24) is 4.90 Å². The first-order chi connectivity index (χ1) is 6.57. The molecular formula is C10H15NO3. The highest BCUT2D eigenvalue weighted by Crippen LogP contribution is 2.17. The van der Waals surface area contributed by atoms with Gasteiger partial charge in [-0.2, -0.15) is 0 Å². The first-order valence-corrected chi connectivity index (χ1v) is 4.68. The molecule has 0 N–H and O–H groups in total. The molecule has 1 saturated heterocycles. The van der Waals surface area contributed by atoms with Gasteiger partial charge in [-0.15, -0.1) is 6.58 Å². The van der Waals surface area contributed by atoms with E-state index in [0.29, 0.717) is 13.2 Å². The number of ether oxygens (including phenoxy) is 1. The van der Waals surface area contributed by atoms with E-state index in [2.05, 4.69) is 6.58 Å². The van der Waals surface area contributed by atoms with E-state index in [9.17, 15) is 9.59 Å². The van der Waals surface area contributed by atoms with Crippen molar-refractivity contribution in [1.29, 1.82) is 0 Å². The average molecular weight is 197 g/mol. The van der Waals surface area contributed by atoms with E-state index in [1.165, 1.54) is 0 Å². The minimum absolute atomic E-state index is 0.0656. The van der Waals surface area contributed by atoms with Crippen LogP contribution in [0.2, 0.25) is 0 Å². The molecule has 14 heavy (non-hydrogen) atoms. The van der Waals surface area contributed by atoms with Crippen LogP contribution in [0.3, 0.4) is 0 Å². The molecule has 0 aromatic heterocycles. The van der Waals surface area contributed by atoms with E-state index in [1.807, 2.05) is 6.92 Å². The second kappa shape index (κ2) is 4.26. The Kier molecular flexibility index (Phi) is 3.28. The molecule has 0 bridgehead atoms.